The van der Waals surface area contributed by atoms with Crippen LogP contribution in [0.4, 0.5) is 0 Å². The first-order chi connectivity index (χ1) is 10.3. The van der Waals surface area contributed by atoms with Gasteiger partial charge in [0.2, 0.25) is 0 Å². The predicted molar refractivity (Wildman–Crippen MR) is 87.4 cm³/mol. The summed E-state index contributed by atoms with van der Waals surface area (Å²) < 4.78 is 17.5. The van der Waals surface area contributed by atoms with Gasteiger partial charge in [-0.15, -0.1) is 0 Å². The maximum Gasteiger partial charge on any atom is 0.162 e. The molecule has 1 aliphatic heterocycles. The summed E-state index contributed by atoms with van der Waals surface area (Å²) in [7, 11) is 1.73. The van der Waals surface area contributed by atoms with Gasteiger partial charge in [0.05, 0.1) is 19.8 Å². The van der Waals surface area contributed by atoms with E-state index < -0.39 is 0 Å². The monoisotopic (exact) mass is 357 g/mol. The quantitative estimate of drug-likeness (QED) is 0.725. The summed E-state index contributed by atoms with van der Waals surface area (Å²) in [6.45, 7) is 4.19. The lowest BCUT2D eigenvalue weighted by atomic mass is 10.1. The van der Waals surface area contributed by atoms with Crippen molar-refractivity contribution in [2.45, 2.75) is 25.7 Å². The smallest absolute Gasteiger partial charge is 0.162 e. The first-order valence-corrected chi connectivity index (χ1v) is 8.38. The fourth-order valence-electron chi connectivity index (χ4n) is 2.28. The van der Waals surface area contributed by atoms with E-state index in [1.807, 2.05) is 6.07 Å². The molecule has 1 aliphatic rings. The Bertz CT molecular complexity index is 440. The summed E-state index contributed by atoms with van der Waals surface area (Å²) >= 11 is 3.64. The molecule has 5 heteroatoms. The normalized spacial score (nSPS) is 14.0. The Morgan fingerprint density at radius 1 is 1.14 bits per heavy atom. The van der Waals surface area contributed by atoms with Crippen LogP contribution in [0.1, 0.15) is 24.8 Å². The summed E-state index contributed by atoms with van der Waals surface area (Å²) in [5, 5.41) is 3.36. The Kier molecular flexibility index (Phi) is 7.33. The van der Waals surface area contributed by atoms with Crippen molar-refractivity contribution in [1.29, 1.82) is 0 Å². The highest BCUT2D eigenvalue weighted by atomic mass is 79.9. The van der Waals surface area contributed by atoms with Crippen molar-refractivity contribution in [3.63, 3.8) is 0 Å². The van der Waals surface area contributed by atoms with Crippen LogP contribution in [-0.2, 0) is 11.2 Å². The van der Waals surface area contributed by atoms with Crippen molar-refractivity contribution in [3.8, 4) is 11.5 Å². The summed E-state index contributed by atoms with van der Waals surface area (Å²) in [6, 6.07) is 4.15. The molecule has 0 radical (unpaired) electrons. The number of hydrogen-bond donors (Lipinski definition) is 1. The molecule has 4 nitrogen and oxygen atoms in total. The number of ether oxygens (including phenoxy) is 3. The molecule has 0 bridgehead atoms. The van der Waals surface area contributed by atoms with E-state index in [0.717, 1.165) is 74.6 Å². The van der Waals surface area contributed by atoms with Gasteiger partial charge in [0.1, 0.15) is 0 Å². The van der Waals surface area contributed by atoms with Crippen molar-refractivity contribution >= 4 is 15.9 Å². The highest BCUT2D eigenvalue weighted by molar-refractivity contribution is 9.10. The van der Waals surface area contributed by atoms with Crippen LogP contribution in [0.5, 0.6) is 11.5 Å². The van der Waals surface area contributed by atoms with Crippen molar-refractivity contribution in [1.82, 2.24) is 5.32 Å². The van der Waals surface area contributed by atoms with Gasteiger partial charge >= 0.3 is 0 Å². The second kappa shape index (κ2) is 9.28. The van der Waals surface area contributed by atoms with E-state index in [1.54, 1.807) is 7.11 Å². The zero-order chi connectivity index (χ0) is 14.9. The second-order valence-corrected chi connectivity index (χ2v) is 6.00. The highest BCUT2D eigenvalue weighted by Gasteiger charge is 2.13. The third-order valence-electron chi connectivity index (χ3n) is 3.45. The number of unbranched alkanes of at least 4 members (excludes halogenated alkanes) is 1. The Morgan fingerprint density at radius 3 is 2.67 bits per heavy atom. The van der Waals surface area contributed by atoms with Crippen molar-refractivity contribution in [2.24, 2.45) is 0 Å². The van der Waals surface area contributed by atoms with Crippen LogP contribution < -0.4 is 14.8 Å². The van der Waals surface area contributed by atoms with Gasteiger partial charge in [-0.05, 0) is 43.5 Å². The van der Waals surface area contributed by atoms with Crippen LogP contribution in [0.15, 0.2) is 16.6 Å². The van der Waals surface area contributed by atoms with E-state index in [1.165, 1.54) is 5.56 Å². The van der Waals surface area contributed by atoms with E-state index in [0.29, 0.717) is 0 Å². The first-order valence-electron chi connectivity index (χ1n) is 7.59. The fourth-order valence-corrected chi connectivity index (χ4v) is 2.80. The molecular weight excluding hydrogens is 334 g/mol. The lowest BCUT2D eigenvalue weighted by Crippen LogP contribution is -2.20. The van der Waals surface area contributed by atoms with Crippen LogP contribution in [0.25, 0.3) is 0 Å². The van der Waals surface area contributed by atoms with Crippen molar-refractivity contribution < 1.29 is 14.2 Å². The van der Waals surface area contributed by atoms with Gasteiger partial charge in [0.25, 0.3) is 0 Å². The molecule has 0 spiro atoms. The topological polar surface area (TPSA) is 39.7 Å². The second-order valence-electron chi connectivity index (χ2n) is 5.14. The molecular formula is C16H24BrNO3. The fraction of sp³-hybridized carbons (Fsp3) is 0.625. The lowest BCUT2D eigenvalue weighted by molar-refractivity contribution is 0.199. The number of benzene rings is 1. The van der Waals surface area contributed by atoms with Crippen molar-refractivity contribution in [2.75, 3.05) is 40.0 Å². The zero-order valence-electron chi connectivity index (χ0n) is 12.6. The molecule has 118 valence electrons. The van der Waals surface area contributed by atoms with Gasteiger partial charge in [-0.3, -0.25) is 0 Å². The van der Waals surface area contributed by atoms with Gasteiger partial charge < -0.3 is 19.5 Å². The molecule has 0 amide bonds. The molecule has 0 saturated carbocycles. The molecule has 1 heterocycles. The van der Waals surface area contributed by atoms with Crippen LogP contribution in [0.2, 0.25) is 0 Å². The number of methoxy groups -OCH3 is 1. The van der Waals surface area contributed by atoms with Gasteiger partial charge in [-0.25, -0.2) is 0 Å². The minimum atomic E-state index is 0.728. The molecule has 1 aromatic carbocycles. The molecule has 0 aliphatic carbocycles. The van der Waals surface area contributed by atoms with Crippen LogP contribution in [0, 0.1) is 0 Å². The van der Waals surface area contributed by atoms with Gasteiger partial charge in [0, 0.05) is 24.5 Å². The summed E-state index contributed by atoms with van der Waals surface area (Å²) in [5.74, 6) is 1.73. The van der Waals surface area contributed by atoms with E-state index in [9.17, 15) is 0 Å². The van der Waals surface area contributed by atoms with Gasteiger partial charge in [0.15, 0.2) is 11.5 Å². The summed E-state index contributed by atoms with van der Waals surface area (Å²) in [6.07, 6.45) is 4.29. The average molecular weight is 358 g/mol. The molecule has 2 rings (SSSR count). The molecule has 21 heavy (non-hydrogen) atoms. The Balaban J connectivity index is 1.79. The largest absolute Gasteiger partial charge is 0.490 e. The number of halogens is 1. The minimum absolute atomic E-state index is 0.728. The lowest BCUT2D eigenvalue weighted by Gasteiger charge is -2.12. The number of hydrogen-bond acceptors (Lipinski definition) is 4. The van der Waals surface area contributed by atoms with Crippen molar-refractivity contribution in [3.05, 3.63) is 22.2 Å². The number of fused-ring (bicyclic) bond motifs is 1. The van der Waals surface area contributed by atoms with Crippen LogP contribution >= 0.6 is 15.9 Å². The predicted octanol–water partition coefficient (Wildman–Crippen LogP) is 3.17. The number of nitrogens with one attached hydrogen (secondary N) is 1. The molecule has 0 atom stereocenters. The first kappa shape index (κ1) is 16.6. The van der Waals surface area contributed by atoms with E-state index in [-0.39, 0.29) is 0 Å². The maximum absolute atomic E-state index is 5.74. The minimum Gasteiger partial charge on any atom is -0.490 e. The molecule has 0 unspecified atom stereocenters. The summed E-state index contributed by atoms with van der Waals surface area (Å²) in [4.78, 5) is 0. The molecule has 1 aromatic rings. The Morgan fingerprint density at radius 2 is 1.90 bits per heavy atom. The summed E-state index contributed by atoms with van der Waals surface area (Å²) in [5.41, 5.74) is 1.29. The number of aryl methyl sites for hydroxylation is 1. The third-order valence-corrected chi connectivity index (χ3v) is 4.19. The molecule has 1 N–H and O–H groups in total. The SMILES string of the molecule is COCCNCCCCc1cc2c(cc1Br)OCCCO2. The maximum atomic E-state index is 5.74. The molecule has 0 aromatic heterocycles. The van der Waals surface area contributed by atoms with Gasteiger partial charge in [-0.2, -0.15) is 0 Å². The van der Waals surface area contributed by atoms with E-state index >= 15 is 0 Å². The Labute approximate surface area is 135 Å². The zero-order valence-corrected chi connectivity index (χ0v) is 14.2. The molecule has 0 fully saturated rings. The van der Waals surface area contributed by atoms with Crippen LogP contribution in [-0.4, -0.2) is 40.0 Å². The highest BCUT2D eigenvalue weighted by Crippen LogP contribution is 2.35. The number of rotatable bonds is 8. The third kappa shape index (κ3) is 5.49. The van der Waals surface area contributed by atoms with E-state index in [4.69, 9.17) is 14.2 Å². The Hall–Kier alpha value is -0.780. The van der Waals surface area contributed by atoms with Crippen LogP contribution in [0.3, 0.4) is 0 Å². The van der Waals surface area contributed by atoms with Gasteiger partial charge in [-0.1, -0.05) is 15.9 Å². The standard InChI is InChI=1S/C16H24BrNO3/c1-19-10-7-18-6-3-2-5-13-11-15-16(12-14(13)17)21-9-4-8-20-15/h11-12,18H,2-10H2,1H3. The van der Waals surface area contributed by atoms with E-state index in [2.05, 4.69) is 27.3 Å². The average Bonchev–Trinajstić information content (AvgIpc) is 2.71. The molecule has 0 saturated heterocycles.